The minimum Gasteiger partial charge on any atom is -0.355 e. The van der Waals surface area contributed by atoms with E-state index in [1.54, 1.807) is 4.90 Å². The molecule has 1 aliphatic carbocycles. The highest BCUT2D eigenvalue weighted by molar-refractivity contribution is 5.85. The van der Waals surface area contributed by atoms with Crippen molar-refractivity contribution in [3.05, 3.63) is 0 Å². The molecular formula is C15H29N3O2. The number of hydrogen-bond donors (Lipinski definition) is 2. The van der Waals surface area contributed by atoms with E-state index in [0.717, 1.165) is 25.7 Å². The van der Waals surface area contributed by atoms with Gasteiger partial charge in [-0.05, 0) is 39.0 Å². The van der Waals surface area contributed by atoms with Crippen LogP contribution in [-0.2, 0) is 9.59 Å². The molecule has 0 heterocycles. The fourth-order valence-electron chi connectivity index (χ4n) is 2.98. The van der Waals surface area contributed by atoms with Crippen LogP contribution in [0.3, 0.4) is 0 Å². The molecule has 0 aromatic heterocycles. The van der Waals surface area contributed by atoms with Crippen LogP contribution in [0.25, 0.3) is 0 Å². The molecule has 5 heteroatoms. The maximum absolute atomic E-state index is 12.5. The number of carbonyl (C=O) groups excluding carboxylic acids is 2. The van der Waals surface area contributed by atoms with E-state index in [0.29, 0.717) is 19.0 Å². The first-order valence-corrected chi connectivity index (χ1v) is 7.80. The third kappa shape index (κ3) is 4.78. The van der Waals surface area contributed by atoms with Crippen molar-refractivity contribution < 1.29 is 9.59 Å². The zero-order valence-electron chi connectivity index (χ0n) is 13.0. The first-order chi connectivity index (χ1) is 9.49. The van der Waals surface area contributed by atoms with Gasteiger partial charge in [-0.15, -0.1) is 0 Å². The van der Waals surface area contributed by atoms with E-state index in [2.05, 4.69) is 5.32 Å². The summed E-state index contributed by atoms with van der Waals surface area (Å²) in [7, 11) is 0. The van der Waals surface area contributed by atoms with Gasteiger partial charge in [0.1, 0.15) is 0 Å². The molecule has 0 aromatic carbocycles. The van der Waals surface area contributed by atoms with Gasteiger partial charge >= 0.3 is 0 Å². The highest BCUT2D eigenvalue weighted by atomic mass is 16.2. The van der Waals surface area contributed by atoms with Crippen molar-refractivity contribution in [3.8, 4) is 0 Å². The van der Waals surface area contributed by atoms with E-state index in [1.807, 2.05) is 20.8 Å². The Balaban J connectivity index is 2.58. The summed E-state index contributed by atoms with van der Waals surface area (Å²) in [5.74, 6) is 0.304. The molecule has 3 N–H and O–H groups in total. The average molecular weight is 283 g/mol. The van der Waals surface area contributed by atoms with Crippen molar-refractivity contribution in [3.63, 3.8) is 0 Å². The molecule has 0 aliphatic heterocycles. The Labute approximate surface area is 122 Å². The number of amides is 2. The molecule has 1 aliphatic rings. The lowest BCUT2D eigenvalue weighted by atomic mass is 9.78. The molecule has 0 spiro atoms. The molecule has 0 aromatic rings. The van der Waals surface area contributed by atoms with Gasteiger partial charge in [-0.1, -0.05) is 13.3 Å². The van der Waals surface area contributed by atoms with Gasteiger partial charge in [0.2, 0.25) is 11.8 Å². The van der Waals surface area contributed by atoms with Gasteiger partial charge in [-0.2, -0.15) is 0 Å². The summed E-state index contributed by atoms with van der Waals surface area (Å²) in [5.41, 5.74) is 6.00. The van der Waals surface area contributed by atoms with E-state index in [9.17, 15) is 9.59 Å². The SMILES string of the molecule is CCNC(=O)CN(CC)C(=O)C(C)C1CCCC(N)C1. The first-order valence-electron chi connectivity index (χ1n) is 7.80. The van der Waals surface area contributed by atoms with Crippen molar-refractivity contribution in [2.75, 3.05) is 19.6 Å². The maximum Gasteiger partial charge on any atom is 0.239 e. The van der Waals surface area contributed by atoms with E-state index < -0.39 is 0 Å². The normalized spacial score (nSPS) is 24.0. The van der Waals surface area contributed by atoms with Crippen LogP contribution in [-0.4, -0.2) is 42.4 Å². The van der Waals surface area contributed by atoms with Gasteiger partial charge in [-0.25, -0.2) is 0 Å². The third-order valence-corrected chi connectivity index (χ3v) is 4.25. The number of carbonyl (C=O) groups is 2. The number of likely N-dealkylation sites (N-methyl/N-ethyl adjacent to an activating group) is 2. The van der Waals surface area contributed by atoms with Crippen LogP contribution in [0, 0.1) is 11.8 Å². The predicted octanol–water partition coefficient (Wildman–Crippen LogP) is 1.12. The topological polar surface area (TPSA) is 75.4 Å². The number of nitrogens with two attached hydrogens (primary N) is 1. The van der Waals surface area contributed by atoms with E-state index in [4.69, 9.17) is 5.73 Å². The van der Waals surface area contributed by atoms with Crippen LogP contribution in [0.5, 0.6) is 0 Å². The van der Waals surface area contributed by atoms with E-state index in [-0.39, 0.29) is 30.3 Å². The molecule has 0 radical (unpaired) electrons. The number of rotatable bonds is 6. The number of hydrogen-bond acceptors (Lipinski definition) is 3. The second-order valence-corrected chi connectivity index (χ2v) is 5.78. The Morgan fingerprint density at radius 3 is 2.60 bits per heavy atom. The van der Waals surface area contributed by atoms with Crippen LogP contribution in [0.15, 0.2) is 0 Å². The zero-order chi connectivity index (χ0) is 15.1. The van der Waals surface area contributed by atoms with Gasteiger partial charge in [0.05, 0.1) is 6.54 Å². The maximum atomic E-state index is 12.5. The van der Waals surface area contributed by atoms with Crippen LogP contribution in [0.1, 0.15) is 46.5 Å². The lowest BCUT2D eigenvalue weighted by Gasteiger charge is -2.33. The molecule has 3 unspecified atom stereocenters. The van der Waals surface area contributed by atoms with Crippen LogP contribution in [0.4, 0.5) is 0 Å². The van der Waals surface area contributed by atoms with Crippen LogP contribution < -0.4 is 11.1 Å². The Kier molecular flexibility index (Phi) is 6.99. The van der Waals surface area contributed by atoms with E-state index in [1.165, 1.54) is 0 Å². The largest absolute Gasteiger partial charge is 0.355 e. The number of nitrogens with zero attached hydrogens (tertiary/aromatic N) is 1. The fourth-order valence-corrected chi connectivity index (χ4v) is 2.98. The zero-order valence-corrected chi connectivity index (χ0v) is 13.0. The molecule has 116 valence electrons. The molecular weight excluding hydrogens is 254 g/mol. The lowest BCUT2D eigenvalue weighted by molar-refractivity contribution is -0.140. The molecule has 0 bridgehead atoms. The molecule has 0 saturated heterocycles. The van der Waals surface area contributed by atoms with Crippen molar-refractivity contribution in [2.24, 2.45) is 17.6 Å². The van der Waals surface area contributed by atoms with Gasteiger partial charge in [0.15, 0.2) is 0 Å². The molecule has 1 saturated carbocycles. The minimum atomic E-state index is -0.0877. The van der Waals surface area contributed by atoms with Crippen LogP contribution in [0.2, 0.25) is 0 Å². The van der Waals surface area contributed by atoms with E-state index >= 15 is 0 Å². The van der Waals surface area contributed by atoms with Crippen molar-refractivity contribution >= 4 is 11.8 Å². The number of nitrogens with one attached hydrogen (secondary N) is 1. The lowest BCUT2D eigenvalue weighted by Crippen LogP contribution is -2.45. The first kappa shape index (κ1) is 17.0. The second-order valence-electron chi connectivity index (χ2n) is 5.78. The van der Waals surface area contributed by atoms with Gasteiger partial charge < -0.3 is 16.0 Å². The highest BCUT2D eigenvalue weighted by Gasteiger charge is 2.31. The molecule has 2 amide bonds. The summed E-state index contributed by atoms with van der Waals surface area (Å²) in [6.07, 6.45) is 4.16. The second kappa shape index (κ2) is 8.25. The van der Waals surface area contributed by atoms with Gasteiger partial charge in [-0.3, -0.25) is 9.59 Å². The van der Waals surface area contributed by atoms with Crippen LogP contribution >= 0.6 is 0 Å². The average Bonchev–Trinajstić information content (AvgIpc) is 2.43. The summed E-state index contributed by atoms with van der Waals surface area (Å²) in [4.78, 5) is 25.8. The standard InChI is InChI=1S/C15H29N3O2/c1-4-17-14(19)10-18(5-2)15(20)11(3)12-7-6-8-13(16)9-12/h11-13H,4-10,16H2,1-3H3,(H,17,19). The summed E-state index contributed by atoms with van der Waals surface area (Å²) < 4.78 is 0. The summed E-state index contributed by atoms with van der Waals surface area (Å²) >= 11 is 0. The minimum absolute atomic E-state index is 0.0456. The fraction of sp³-hybridized carbons (Fsp3) is 0.867. The monoisotopic (exact) mass is 283 g/mol. The highest BCUT2D eigenvalue weighted by Crippen LogP contribution is 2.30. The van der Waals surface area contributed by atoms with Crippen molar-refractivity contribution in [2.45, 2.75) is 52.5 Å². The summed E-state index contributed by atoms with van der Waals surface area (Å²) in [6, 6.07) is 0.225. The predicted molar refractivity (Wildman–Crippen MR) is 80.0 cm³/mol. The molecule has 3 atom stereocenters. The summed E-state index contributed by atoms with van der Waals surface area (Å²) in [5, 5.41) is 2.74. The third-order valence-electron chi connectivity index (χ3n) is 4.25. The van der Waals surface area contributed by atoms with Gasteiger partial charge in [0, 0.05) is 25.0 Å². The quantitative estimate of drug-likeness (QED) is 0.767. The molecule has 5 nitrogen and oxygen atoms in total. The van der Waals surface area contributed by atoms with Crippen molar-refractivity contribution in [1.82, 2.24) is 10.2 Å². The smallest absolute Gasteiger partial charge is 0.239 e. The van der Waals surface area contributed by atoms with Crippen molar-refractivity contribution in [1.29, 1.82) is 0 Å². The Morgan fingerprint density at radius 2 is 2.05 bits per heavy atom. The molecule has 20 heavy (non-hydrogen) atoms. The van der Waals surface area contributed by atoms with Gasteiger partial charge in [0.25, 0.3) is 0 Å². The Hall–Kier alpha value is -1.10. The molecule has 1 rings (SSSR count). The molecule has 1 fully saturated rings. The summed E-state index contributed by atoms with van der Waals surface area (Å²) in [6.45, 7) is 7.09. The Bertz CT molecular complexity index is 333. The Morgan fingerprint density at radius 1 is 1.35 bits per heavy atom.